The SMILES string of the molecule is CC(C)(C)c1nc2c(C#N)cc(-c3ccccc3)c(=O)n2[nH]1. The number of nitrogens with zero attached hydrogens (tertiary/aromatic N) is 3. The van der Waals surface area contributed by atoms with E-state index in [4.69, 9.17) is 0 Å². The van der Waals surface area contributed by atoms with E-state index in [9.17, 15) is 10.1 Å². The van der Waals surface area contributed by atoms with E-state index in [2.05, 4.69) is 16.2 Å². The van der Waals surface area contributed by atoms with Crippen molar-refractivity contribution in [2.24, 2.45) is 0 Å². The molecule has 0 aliphatic rings. The quantitative estimate of drug-likeness (QED) is 0.749. The van der Waals surface area contributed by atoms with E-state index in [1.165, 1.54) is 4.52 Å². The highest BCUT2D eigenvalue weighted by Crippen LogP contribution is 2.22. The first-order valence-corrected chi connectivity index (χ1v) is 7.03. The van der Waals surface area contributed by atoms with E-state index in [0.29, 0.717) is 22.6 Å². The summed E-state index contributed by atoms with van der Waals surface area (Å²) >= 11 is 0. The van der Waals surface area contributed by atoms with Crippen molar-refractivity contribution in [3.63, 3.8) is 0 Å². The summed E-state index contributed by atoms with van der Waals surface area (Å²) in [7, 11) is 0. The predicted octanol–water partition coefficient (Wildman–Crippen LogP) is 2.86. The third-order valence-corrected chi connectivity index (χ3v) is 3.53. The molecule has 5 nitrogen and oxygen atoms in total. The van der Waals surface area contributed by atoms with Gasteiger partial charge in [-0.15, -0.1) is 0 Å². The maximum atomic E-state index is 12.7. The third kappa shape index (κ3) is 2.19. The summed E-state index contributed by atoms with van der Waals surface area (Å²) in [5, 5.41) is 12.4. The largest absolute Gasteiger partial charge is 0.279 e. The Hall–Kier alpha value is -2.87. The van der Waals surface area contributed by atoms with Gasteiger partial charge in [0.15, 0.2) is 5.65 Å². The fourth-order valence-corrected chi connectivity index (χ4v) is 2.30. The van der Waals surface area contributed by atoms with Crippen LogP contribution in [0.3, 0.4) is 0 Å². The third-order valence-electron chi connectivity index (χ3n) is 3.53. The van der Waals surface area contributed by atoms with E-state index in [0.717, 1.165) is 5.56 Å². The van der Waals surface area contributed by atoms with Gasteiger partial charge in [0.25, 0.3) is 5.56 Å². The topological polar surface area (TPSA) is 73.9 Å². The number of hydrogen-bond donors (Lipinski definition) is 1. The summed E-state index contributed by atoms with van der Waals surface area (Å²) in [6.45, 7) is 6.00. The van der Waals surface area contributed by atoms with Crippen molar-refractivity contribution in [1.82, 2.24) is 14.6 Å². The summed E-state index contributed by atoms with van der Waals surface area (Å²) in [5.74, 6) is 0.673. The number of H-pyrrole nitrogens is 1. The highest BCUT2D eigenvalue weighted by Gasteiger charge is 2.21. The first-order valence-electron chi connectivity index (χ1n) is 7.03. The van der Waals surface area contributed by atoms with E-state index in [1.54, 1.807) is 6.07 Å². The van der Waals surface area contributed by atoms with Gasteiger partial charge in [-0.25, -0.2) is 4.98 Å². The lowest BCUT2D eigenvalue weighted by atomic mass is 9.96. The number of nitrogens with one attached hydrogen (secondary N) is 1. The summed E-state index contributed by atoms with van der Waals surface area (Å²) in [6, 6.07) is 13.1. The highest BCUT2D eigenvalue weighted by atomic mass is 16.1. The minimum Gasteiger partial charge on any atom is -0.276 e. The maximum Gasteiger partial charge on any atom is 0.279 e. The Morgan fingerprint density at radius 2 is 1.91 bits per heavy atom. The van der Waals surface area contributed by atoms with Gasteiger partial charge in [0.2, 0.25) is 0 Å². The lowest BCUT2D eigenvalue weighted by molar-refractivity contribution is 0.544. The Balaban J connectivity index is 2.37. The standard InChI is InChI=1S/C17H16N4O/c1-17(2,3)16-19-14-12(10-18)9-13(15(22)21(14)20-16)11-7-5-4-6-8-11/h4-9H,1-3H3,(H,19,20). The maximum absolute atomic E-state index is 12.7. The number of hydrogen-bond acceptors (Lipinski definition) is 3. The van der Waals surface area contributed by atoms with E-state index >= 15 is 0 Å². The molecular weight excluding hydrogens is 276 g/mol. The summed E-state index contributed by atoms with van der Waals surface area (Å²) in [4.78, 5) is 17.2. The van der Waals surface area contributed by atoms with Gasteiger partial charge in [-0.3, -0.25) is 9.89 Å². The molecule has 0 aliphatic heterocycles. The van der Waals surface area contributed by atoms with E-state index in [-0.39, 0.29) is 11.0 Å². The van der Waals surface area contributed by atoms with Gasteiger partial charge < -0.3 is 0 Å². The molecule has 5 heteroatoms. The monoisotopic (exact) mass is 292 g/mol. The molecule has 0 aliphatic carbocycles. The number of nitriles is 1. The molecule has 2 aromatic heterocycles. The zero-order valence-corrected chi connectivity index (χ0v) is 12.7. The lowest BCUT2D eigenvalue weighted by Crippen LogP contribution is -2.18. The number of aromatic amines is 1. The Kier molecular flexibility index (Phi) is 3.10. The van der Waals surface area contributed by atoms with Crippen molar-refractivity contribution in [2.45, 2.75) is 26.2 Å². The van der Waals surface area contributed by atoms with Crippen molar-refractivity contribution in [1.29, 1.82) is 5.26 Å². The van der Waals surface area contributed by atoms with Gasteiger partial charge >= 0.3 is 0 Å². The van der Waals surface area contributed by atoms with Crippen LogP contribution in [0.4, 0.5) is 0 Å². The van der Waals surface area contributed by atoms with Crippen molar-refractivity contribution < 1.29 is 0 Å². The fourth-order valence-electron chi connectivity index (χ4n) is 2.30. The molecule has 0 saturated heterocycles. The lowest BCUT2D eigenvalue weighted by Gasteiger charge is -2.13. The zero-order valence-electron chi connectivity index (χ0n) is 12.7. The van der Waals surface area contributed by atoms with Crippen LogP contribution in [0.25, 0.3) is 16.8 Å². The molecular formula is C17H16N4O. The summed E-state index contributed by atoms with van der Waals surface area (Å²) < 4.78 is 1.36. The van der Waals surface area contributed by atoms with Crippen LogP contribution in [-0.4, -0.2) is 14.6 Å². The van der Waals surface area contributed by atoms with Crippen LogP contribution in [0.5, 0.6) is 0 Å². The molecule has 22 heavy (non-hydrogen) atoms. The number of pyridine rings is 1. The Morgan fingerprint density at radius 3 is 2.50 bits per heavy atom. The van der Waals surface area contributed by atoms with Gasteiger partial charge in [-0.05, 0) is 11.6 Å². The van der Waals surface area contributed by atoms with Crippen LogP contribution >= 0.6 is 0 Å². The molecule has 0 spiro atoms. The number of fused-ring (bicyclic) bond motifs is 1. The number of benzene rings is 1. The summed E-state index contributed by atoms with van der Waals surface area (Å²) in [6.07, 6.45) is 0. The Bertz CT molecular complexity index is 937. The van der Waals surface area contributed by atoms with E-state index < -0.39 is 0 Å². The van der Waals surface area contributed by atoms with Crippen molar-refractivity contribution in [3.05, 3.63) is 58.1 Å². The molecule has 0 amide bonds. The minimum absolute atomic E-state index is 0.205. The van der Waals surface area contributed by atoms with Gasteiger partial charge in [0.1, 0.15) is 11.9 Å². The van der Waals surface area contributed by atoms with Crippen LogP contribution in [0.15, 0.2) is 41.2 Å². The first kappa shape index (κ1) is 14.1. The van der Waals surface area contributed by atoms with Gasteiger partial charge in [-0.2, -0.15) is 9.78 Å². The molecule has 0 bridgehead atoms. The second-order valence-electron chi connectivity index (χ2n) is 6.24. The molecule has 1 N–H and O–H groups in total. The second kappa shape index (κ2) is 4.85. The Morgan fingerprint density at radius 1 is 1.23 bits per heavy atom. The molecule has 0 atom stereocenters. The Labute approximate surface area is 127 Å². The van der Waals surface area contributed by atoms with Crippen LogP contribution in [0.1, 0.15) is 32.2 Å². The minimum atomic E-state index is -0.238. The number of rotatable bonds is 1. The molecule has 3 rings (SSSR count). The average molecular weight is 292 g/mol. The first-order chi connectivity index (χ1) is 10.4. The van der Waals surface area contributed by atoms with Gasteiger partial charge in [0, 0.05) is 5.41 Å². The predicted molar refractivity (Wildman–Crippen MR) is 84.7 cm³/mol. The average Bonchev–Trinajstić information content (AvgIpc) is 2.95. The zero-order chi connectivity index (χ0) is 15.9. The van der Waals surface area contributed by atoms with Crippen molar-refractivity contribution in [2.75, 3.05) is 0 Å². The van der Waals surface area contributed by atoms with Crippen LogP contribution in [0, 0.1) is 11.3 Å². The molecule has 3 aromatic rings. The van der Waals surface area contributed by atoms with Crippen molar-refractivity contribution in [3.8, 4) is 17.2 Å². The molecule has 0 saturated carbocycles. The molecule has 1 aromatic carbocycles. The van der Waals surface area contributed by atoms with E-state index in [1.807, 2.05) is 51.1 Å². The normalized spacial score (nSPS) is 11.5. The van der Waals surface area contributed by atoms with Crippen LogP contribution in [0.2, 0.25) is 0 Å². The molecule has 0 radical (unpaired) electrons. The summed E-state index contributed by atoms with van der Waals surface area (Å²) in [5.41, 5.74) is 1.58. The van der Waals surface area contributed by atoms with Gasteiger partial charge in [0.05, 0.1) is 11.1 Å². The molecule has 0 fully saturated rings. The molecule has 2 heterocycles. The molecule has 0 unspecified atom stereocenters. The molecule has 110 valence electrons. The van der Waals surface area contributed by atoms with Crippen molar-refractivity contribution >= 4 is 5.65 Å². The highest BCUT2D eigenvalue weighted by molar-refractivity contribution is 5.69. The van der Waals surface area contributed by atoms with Crippen LogP contribution in [-0.2, 0) is 5.41 Å². The second-order valence-corrected chi connectivity index (χ2v) is 6.24. The van der Waals surface area contributed by atoms with Gasteiger partial charge in [-0.1, -0.05) is 51.1 Å². The fraction of sp³-hybridized carbons (Fsp3) is 0.235. The number of aromatic nitrogens is 3. The van der Waals surface area contributed by atoms with Crippen LogP contribution < -0.4 is 5.56 Å². The smallest absolute Gasteiger partial charge is 0.276 e.